The Morgan fingerprint density at radius 1 is 1.70 bits per heavy atom. The molecule has 3 nitrogen and oxygen atoms in total. The number of nitrogens with zero attached hydrogens (tertiary/aromatic N) is 1. The summed E-state index contributed by atoms with van der Waals surface area (Å²) in [6.07, 6.45) is 1.38. The van der Waals surface area contributed by atoms with E-state index >= 15 is 0 Å². The molecule has 1 heterocycles. The standard InChI is InChI=1S/C7H16N2O/c1-3-9-6-4-5-8-7(9)10-2/h7-8H,3-6H2,1-2H3. The number of hydrogen-bond acceptors (Lipinski definition) is 3. The molecule has 1 N–H and O–H groups in total. The summed E-state index contributed by atoms with van der Waals surface area (Å²) in [6.45, 7) is 5.45. The van der Waals surface area contributed by atoms with E-state index in [0.29, 0.717) is 0 Å². The van der Waals surface area contributed by atoms with Gasteiger partial charge in [-0.25, -0.2) is 0 Å². The molecule has 0 amide bonds. The summed E-state index contributed by atoms with van der Waals surface area (Å²) in [7, 11) is 1.74. The van der Waals surface area contributed by atoms with E-state index in [2.05, 4.69) is 17.1 Å². The van der Waals surface area contributed by atoms with Crippen molar-refractivity contribution in [2.45, 2.75) is 19.7 Å². The largest absolute Gasteiger partial charge is 0.353 e. The van der Waals surface area contributed by atoms with Gasteiger partial charge in [0.2, 0.25) is 0 Å². The zero-order chi connectivity index (χ0) is 7.40. The third-order valence-electron chi connectivity index (χ3n) is 1.90. The second-order valence-corrected chi connectivity index (χ2v) is 2.52. The lowest BCUT2D eigenvalue weighted by atomic mass is 10.3. The smallest absolute Gasteiger partial charge is 0.165 e. The number of hydrogen-bond donors (Lipinski definition) is 1. The van der Waals surface area contributed by atoms with Crippen molar-refractivity contribution in [3.63, 3.8) is 0 Å². The fourth-order valence-electron chi connectivity index (χ4n) is 1.31. The van der Waals surface area contributed by atoms with Gasteiger partial charge in [0.05, 0.1) is 0 Å². The monoisotopic (exact) mass is 144 g/mol. The summed E-state index contributed by atoms with van der Waals surface area (Å²) in [5, 5.41) is 3.27. The van der Waals surface area contributed by atoms with Gasteiger partial charge in [0.1, 0.15) is 0 Å². The Morgan fingerprint density at radius 3 is 3.00 bits per heavy atom. The maximum Gasteiger partial charge on any atom is 0.165 e. The van der Waals surface area contributed by atoms with Crippen LogP contribution in [0.2, 0.25) is 0 Å². The molecule has 0 aromatic heterocycles. The zero-order valence-corrected chi connectivity index (χ0v) is 6.76. The number of ether oxygens (including phenoxy) is 1. The normalized spacial score (nSPS) is 28.8. The molecule has 1 unspecified atom stereocenters. The van der Waals surface area contributed by atoms with Crippen LogP contribution in [0.4, 0.5) is 0 Å². The van der Waals surface area contributed by atoms with Crippen LogP contribution in [-0.4, -0.2) is 38.0 Å². The Kier molecular flexibility index (Phi) is 3.12. The van der Waals surface area contributed by atoms with Crippen molar-refractivity contribution < 1.29 is 4.74 Å². The summed E-state index contributed by atoms with van der Waals surface area (Å²) < 4.78 is 5.21. The fourth-order valence-corrected chi connectivity index (χ4v) is 1.31. The van der Waals surface area contributed by atoms with Gasteiger partial charge in [-0.15, -0.1) is 0 Å². The summed E-state index contributed by atoms with van der Waals surface area (Å²) >= 11 is 0. The molecule has 0 saturated carbocycles. The van der Waals surface area contributed by atoms with E-state index in [-0.39, 0.29) is 6.35 Å². The van der Waals surface area contributed by atoms with Crippen molar-refractivity contribution in [3.05, 3.63) is 0 Å². The van der Waals surface area contributed by atoms with E-state index < -0.39 is 0 Å². The molecule has 1 saturated heterocycles. The van der Waals surface area contributed by atoms with Crippen LogP contribution in [0.15, 0.2) is 0 Å². The van der Waals surface area contributed by atoms with Gasteiger partial charge >= 0.3 is 0 Å². The van der Waals surface area contributed by atoms with Crippen LogP contribution in [0.5, 0.6) is 0 Å². The summed E-state index contributed by atoms with van der Waals surface area (Å²) in [5.41, 5.74) is 0. The lowest BCUT2D eigenvalue weighted by Gasteiger charge is -2.34. The van der Waals surface area contributed by atoms with Gasteiger partial charge in [0.15, 0.2) is 6.35 Å². The van der Waals surface area contributed by atoms with Crippen LogP contribution in [0.3, 0.4) is 0 Å². The zero-order valence-electron chi connectivity index (χ0n) is 6.76. The minimum atomic E-state index is 0.152. The molecular formula is C7H16N2O. The van der Waals surface area contributed by atoms with Gasteiger partial charge < -0.3 is 4.74 Å². The molecule has 0 aromatic carbocycles. The number of methoxy groups -OCH3 is 1. The molecule has 0 spiro atoms. The molecule has 1 atom stereocenters. The Labute approximate surface area is 62.3 Å². The predicted molar refractivity (Wildman–Crippen MR) is 40.7 cm³/mol. The first-order valence-electron chi connectivity index (χ1n) is 3.88. The second-order valence-electron chi connectivity index (χ2n) is 2.52. The van der Waals surface area contributed by atoms with Crippen LogP contribution in [0.25, 0.3) is 0 Å². The van der Waals surface area contributed by atoms with Gasteiger partial charge in [-0.05, 0) is 19.5 Å². The Balaban J connectivity index is 2.34. The molecule has 60 valence electrons. The van der Waals surface area contributed by atoms with Crippen LogP contribution >= 0.6 is 0 Å². The molecular weight excluding hydrogens is 128 g/mol. The Hall–Kier alpha value is -0.120. The SMILES string of the molecule is CCN1CCCNC1OC. The predicted octanol–water partition coefficient (Wildman–Crippen LogP) is 0.232. The van der Waals surface area contributed by atoms with Crippen molar-refractivity contribution in [3.8, 4) is 0 Å². The van der Waals surface area contributed by atoms with E-state index in [1.54, 1.807) is 7.11 Å². The van der Waals surface area contributed by atoms with E-state index in [1.165, 1.54) is 6.42 Å². The van der Waals surface area contributed by atoms with E-state index in [4.69, 9.17) is 4.74 Å². The third kappa shape index (κ3) is 1.68. The highest BCUT2D eigenvalue weighted by molar-refractivity contribution is 4.66. The molecule has 0 aliphatic carbocycles. The quantitative estimate of drug-likeness (QED) is 0.600. The van der Waals surface area contributed by atoms with Crippen LogP contribution in [0, 0.1) is 0 Å². The Bertz CT molecular complexity index is 85.6. The first-order chi connectivity index (χ1) is 4.88. The Morgan fingerprint density at radius 2 is 2.50 bits per heavy atom. The maximum atomic E-state index is 5.21. The van der Waals surface area contributed by atoms with Crippen molar-refractivity contribution in [1.82, 2.24) is 10.2 Å². The second kappa shape index (κ2) is 3.91. The molecule has 0 aromatic rings. The molecule has 0 bridgehead atoms. The van der Waals surface area contributed by atoms with Crippen LogP contribution in [0.1, 0.15) is 13.3 Å². The van der Waals surface area contributed by atoms with E-state index in [1.807, 2.05) is 0 Å². The molecule has 3 heteroatoms. The maximum absolute atomic E-state index is 5.21. The first kappa shape index (κ1) is 7.98. The van der Waals surface area contributed by atoms with Crippen LogP contribution < -0.4 is 5.32 Å². The number of nitrogens with one attached hydrogen (secondary N) is 1. The average molecular weight is 144 g/mol. The average Bonchev–Trinajstić information content (AvgIpc) is 2.04. The summed E-state index contributed by atoms with van der Waals surface area (Å²) in [6, 6.07) is 0. The molecule has 1 aliphatic rings. The highest BCUT2D eigenvalue weighted by atomic mass is 16.5. The third-order valence-corrected chi connectivity index (χ3v) is 1.90. The molecule has 0 radical (unpaired) electrons. The van der Waals surface area contributed by atoms with E-state index in [0.717, 1.165) is 19.6 Å². The van der Waals surface area contributed by atoms with Crippen molar-refractivity contribution in [2.24, 2.45) is 0 Å². The van der Waals surface area contributed by atoms with Crippen molar-refractivity contribution in [2.75, 3.05) is 26.7 Å². The fraction of sp³-hybridized carbons (Fsp3) is 1.00. The lowest BCUT2D eigenvalue weighted by molar-refractivity contribution is -0.0684. The van der Waals surface area contributed by atoms with Gasteiger partial charge in [0.25, 0.3) is 0 Å². The molecule has 10 heavy (non-hydrogen) atoms. The van der Waals surface area contributed by atoms with Crippen molar-refractivity contribution in [1.29, 1.82) is 0 Å². The minimum absolute atomic E-state index is 0.152. The van der Waals surface area contributed by atoms with Crippen molar-refractivity contribution >= 4 is 0 Å². The lowest BCUT2D eigenvalue weighted by Crippen LogP contribution is -2.52. The first-order valence-corrected chi connectivity index (χ1v) is 3.88. The highest BCUT2D eigenvalue weighted by Crippen LogP contribution is 2.03. The summed E-state index contributed by atoms with van der Waals surface area (Å²) in [5.74, 6) is 0. The van der Waals surface area contributed by atoms with Gasteiger partial charge in [-0.3, -0.25) is 10.2 Å². The number of rotatable bonds is 2. The summed E-state index contributed by atoms with van der Waals surface area (Å²) in [4.78, 5) is 2.28. The van der Waals surface area contributed by atoms with Crippen LogP contribution in [-0.2, 0) is 4.74 Å². The molecule has 1 aliphatic heterocycles. The molecule has 1 fully saturated rings. The minimum Gasteiger partial charge on any atom is -0.353 e. The van der Waals surface area contributed by atoms with E-state index in [9.17, 15) is 0 Å². The molecule has 1 rings (SSSR count). The topological polar surface area (TPSA) is 24.5 Å². The van der Waals surface area contributed by atoms with Gasteiger partial charge in [-0.1, -0.05) is 6.92 Å². The highest BCUT2D eigenvalue weighted by Gasteiger charge is 2.18. The van der Waals surface area contributed by atoms with Gasteiger partial charge in [-0.2, -0.15) is 0 Å². The van der Waals surface area contributed by atoms with Gasteiger partial charge in [0, 0.05) is 13.7 Å².